The van der Waals surface area contributed by atoms with Crippen LogP contribution in [-0.2, 0) is 9.59 Å². The molecule has 0 unspecified atom stereocenters. The number of benzene rings is 1. The van der Waals surface area contributed by atoms with E-state index >= 15 is 0 Å². The molecule has 0 aromatic heterocycles. The molecule has 0 atom stereocenters. The summed E-state index contributed by atoms with van der Waals surface area (Å²) in [7, 11) is 1.65. The number of rotatable bonds is 4. The number of carbonyl (C=O) groups is 2. The van der Waals surface area contributed by atoms with Crippen LogP contribution in [0, 0.1) is 13.8 Å². The Morgan fingerprint density at radius 2 is 1.71 bits per heavy atom. The largest absolute Gasteiger partial charge is 0.335 e. The van der Waals surface area contributed by atoms with E-state index in [1.807, 2.05) is 32.0 Å². The minimum atomic E-state index is -0.800. The Morgan fingerprint density at radius 1 is 1.17 bits per heavy atom. The van der Waals surface area contributed by atoms with Crippen LogP contribution in [-0.4, -0.2) is 35.8 Å². The number of likely N-dealkylation sites (N-methyl/N-ethyl adjacent to an activating group) is 1. The fourth-order valence-electron chi connectivity index (χ4n) is 3.25. The highest BCUT2D eigenvalue weighted by Gasteiger charge is 2.37. The molecule has 2 rings (SSSR count). The summed E-state index contributed by atoms with van der Waals surface area (Å²) in [6, 6.07) is 5.86. The van der Waals surface area contributed by atoms with Crippen LogP contribution in [0.4, 0.5) is 5.69 Å². The molecule has 2 amide bonds. The first-order valence-electron chi connectivity index (χ1n) is 8.24. The second-order valence-electron chi connectivity index (χ2n) is 6.69. The third-order valence-electron chi connectivity index (χ3n) is 4.64. The van der Waals surface area contributed by atoms with Crippen molar-refractivity contribution in [2.45, 2.75) is 51.5 Å². The Bertz CT molecular complexity index is 578. The number of nitrogens with two attached hydrogens (primary N) is 1. The van der Waals surface area contributed by atoms with E-state index in [9.17, 15) is 9.59 Å². The van der Waals surface area contributed by atoms with Crippen molar-refractivity contribution in [2.24, 2.45) is 5.73 Å². The fraction of sp³-hybridized carbons (Fsp3) is 0.556. The molecule has 0 saturated heterocycles. The zero-order chi connectivity index (χ0) is 17.0. The van der Waals surface area contributed by atoms with Gasteiger partial charge in [-0.15, -0.1) is 12.4 Å². The highest BCUT2D eigenvalue weighted by Crippen LogP contribution is 2.27. The number of anilines is 1. The van der Waals surface area contributed by atoms with Crippen LogP contribution in [0.1, 0.15) is 43.2 Å². The molecule has 5 nitrogen and oxygen atoms in total. The smallest absolute Gasteiger partial charge is 0.243 e. The van der Waals surface area contributed by atoms with E-state index in [1.165, 1.54) is 4.90 Å². The summed E-state index contributed by atoms with van der Waals surface area (Å²) in [6.07, 6.45) is 4.49. The van der Waals surface area contributed by atoms with Crippen molar-refractivity contribution in [3.05, 3.63) is 29.3 Å². The maximum atomic E-state index is 12.6. The maximum Gasteiger partial charge on any atom is 0.243 e. The molecule has 1 aliphatic carbocycles. The van der Waals surface area contributed by atoms with Crippen LogP contribution >= 0.6 is 12.4 Å². The lowest BCUT2D eigenvalue weighted by Gasteiger charge is -2.35. The molecule has 0 radical (unpaired) electrons. The standard InChI is InChI=1S/C18H27N3O2.ClH/c1-13-8-7-9-14(2)16(13)20-15(22)12-21(3)17(23)18(19)10-5-4-6-11-18;/h7-9H,4-6,10-12,19H2,1-3H3,(H,20,22);1H. The Morgan fingerprint density at radius 3 is 2.25 bits per heavy atom. The summed E-state index contributed by atoms with van der Waals surface area (Å²) in [4.78, 5) is 26.3. The Hall–Kier alpha value is -1.59. The lowest BCUT2D eigenvalue weighted by atomic mass is 9.81. The monoisotopic (exact) mass is 353 g/mol. The van der Waals surface area contributed by atoms with Crippen LogP contribution in [0.3, 0.4) is 0 Å². The Labute approximate surface area is 150 Å². The molecule has 1 aliphatic rings. The minimum absolute atomic E-state index is 0. The molecule has 1 saturated carbocycles. The molecular weight excluding hydrogens is 326 g/mol. The van der Waals surface area contributed by atoms with Crippen molar-refractivity contribution >= 4 is 29.9 Å². The van der Waals surface area contributed by atoms with Crippen molar-refractivity contribution < 1.29 is 9.59 Å². The van der Waals surface area contributed by atoms with Gasteiger partial charge in [0.25, 0.3) is 0 Å². The van der Waals surface area contributed by atoms with Crippen LogP contribution in [0.2, 0.25) is 0 Å². The summed E-state index contributed by atoms with van der Waals surface area (Å²) in [5, 5.41) is 2.91. The van der Waals surface area contributed by atoms with Crippen LogP contribution < -0.4 is 11.1 Å². The van der Waals surface area contributed by atoms with Gasteiger partial charge in [-0.05, 0) is 37.8 Å². The molecule has 24 heavy (non-hydrogen) atoms. The van der Waals surface area contributed by atoms with Gasteiger partial charge in [0.2, 0.25) is 11.8 Å². The predicted molar refractivity (Wildman–Crippen MR) is 99.4 cm³/mol. The third-order valence-corrected chi connectivity index (χ3v) is 4.64. The topological polar surface area (TPSA) is 75.4 Å². The molecule has 0 bridgehead atoms. The second-order valence-corrected chi connectivity index (χ2v) is 6.69. The molecule has 3 N–H and O–H groups in total. The van der Waals surface area contributed by atoms with E-state index in [0.29, 0.717) is 12.8 Å². The molecule has 0 aliphatic heterocycles. The number of nitrogens with one attached hydrogen (secondary N) is 1. The van der Waals surface area contributed by atoms with Gasteiger partial charge in [0.1, 0.15) is 0 Å². The molecule has 6 heteroatoms. The third kappa shape index (κ3) is 4.71. The first-order valence-corrected chi connectivity index (χ1v) is 8.24. The number of halogens is 1. The highest BCUT2D eigenvalue weighted by atomic mass is 35.5. The number of carbonyl (C=O) groups excluding carboxylic acids is 2. The fourth-order valence-corrected chi connectivity index (χ4v) is 3.25. The van der Waals surface area contributed by atoms with Crippen molar-refractivity contribution in [3.63, 3.8) is 0 Å². The minimum Gasteiger partial charge on any atom is -0.335 e. The predicted octanol–water partition coefficient (Wildman–Crippen LogP) is 2.78. The Balaban J connectivity index is 0.00000288. The number of amides is 2. The molecular formula is C18H28ClN3O2. The molecule has 1 fully saturated rings. The number of hydrogen-bond acceptors (Lipinski definition) is 3. The van der Waals surface area contributed by atoms with Gasteiger partial charge in [-0.2, -0.15) is 0 Å². The zero-order valence-corrected chi connectivity index (χ0v) is 15.5. The van der Waals surface area contributed by atoms with Gasteiger partial charge in [0.15, 0.2) is 0 Å². The van der Waals surface area contributed by atoms with Crippen molar-refractivity contribution in [1.29, 1.82) is 0 Å². The average Bonchev–Trinajstić information content (AvgIpc) is 2.51. The molecule has 0 spiro atoms. The van der Waals surface area contributed by atoms with Gasteiger partial charge in [0.05, 0.1) is 12.1 Å². The lowest BCUT2D eigenvalue weighted by molar-refractivity contribution is -0.139. The van der Waals surface area contributed by atoms with E-state index in [-0.39, 0.29) is 30.8 Å². The SMILES string of the molecule is Cc1cccc(C)c1NC(=O)CN(C)C(=O)C1(N)CCCCC1.Cl. The lowest BCUT2D eigenvalue weighted by Crippen LogP contribution is -2.56. The van der Waals surface area contributed by atoms with Crippen molar-refractivity contribution in [1.82, 2.24) is 4.90 Å². The first kappa shape index (κ1) is 20.5. The van der Waals surface area contributed by atoms with E-state index in [0.717, 1.165) is 36.1 Å². The average molecular weight is 354 g/mol. The summed E-state index contributed by atoms with van der Waals surface area (Å²) in [5.74, 6) is -0.327. The van der Waals surface area contributed by atoms with E-state index < -0.39 is 5.54 Å². The van der Waals surface area contributed by atoms with Crippen LogP contribution in [0.25, 0.3) is 0 Å². The molecule has 1 aromatic carbocycles. The normalized spacial score (nSPS) is 16.0. The van der Waals surface area contributed by atoms with E-state index in [1.54, 1.807) is 7.05 Å². The van der Waals surface area contributed by atoms with Gasteiger partial charge in [-0.3, -0.25) is 9.59 Å². The number of para-hydroxylation sites is 1. The van der Waals surface area contributed by atoms with E-state index in [4.69, 9.17) is 5.73 Å². The van der Waals surface area contributed by atoms with Gasteiger partial charge in [-0.25, -0.2) is 0 Å². The number of nitrogens with zero attached hydrogens (tertiary/aromatic N) is 1. The number of aryl methyl sites for hydroxylation is 2. The van der Waals surface area contributed by atoms with Crippen molar-refractivity contribution in [3.8, 4) is 0 Å². The first-order chi connectivity index (χ1) is 10.8. The summed E-state index contributed by atoms with van der Waals surface area (Å²) in [5.41, 5.74) is 8.29. The van der Waals surface area contributed by atoms with Gasteiger partial charge >= 0.3 is 0 Å². The summed E-state index contributed by atoms with van der Waals surface area (Å²) >= 11 is 0. The molecule has 0 heterocycles. The van der Waals surface area contributed by atoms with Crippen molar-refractivity contribution in [2.75, 3.05) is 18.9 Å². The maximum absolute atomic E-state index is 12.6. The second kappa shape index (κ2) is 8.49. The van der Waals surface area contributed by atoms with Gasteiger partial charge in [0, 0.05) is 12.7 Å². The summed E-state index contributed by atoms with van der Waals surface area (Å²) in [6.45, 7) is 3.92. The van der Waals surface area contributed by atoms with Gasteiger partial charge < -0.3 is 16.0 Å². The zero-order valence-electron chi connectivity index (χ0n) is 14.7. The van der Waals surface area contributed by atoms with Crippen LogP contribution in [0.15, 0.2) is 18.2 Å². The van der Waals surface area contributed by atoms with Gasteiger partial charge in [-0.1, -0.05) is 37.5 Å². The molecule has 134 valence electrons. The molecule has 1 aromatic rings. The highest BCUT2D eigenvalue weighted by molar-refractivity contribution is 5.97. The number of hydrogen-bond donors (Lipinski definition) is 2. The summed E-state index contributed by atoms with van der Waals surface area (Å²) < 4.78 is 0. The Kier molecular flexibility index (Phi) is 7.24. The quantitative estimate of drug-likeness (QED) is 0.873. The van der Waals surface area contributed by atoms with E-state index in [2.05, 4.69) is 5.32 Å². The van der Waals surface area contributed by atoms with Crippen LogP contribution in [0.5, 0.6) is 0 Å².